The molecule has 2 aromatic carbocycles. The molecule has 0 fully saturated rings. The van der Waals surface area contributed by atoms with Gasteiger partial charge in [0.2, 0.25) is 0 Å². The zero-order valence-electron chi connectivity index (χ0n) is 17.9. The van der Waals surface area contributed by atoms with Crippen LogP contribution in [-0.2, 0) is 6.42 Å². The maximum Gasteiger partial charge on any atom is 0.161 e. The molecule has 2 aromatic rings. The number of likely N-dealkylation sites (N-methyl/N-ethyl adjacent to an activating group) is 1. The first kappa shape index (κ1) is 20.5. The third-order valence-corrected chi connectivity index (χ3v) is 5.59. The minimum atomic E-state index is 0.135. The number of fused-ring (bicyclic) bond motifs is 1. The topological polar surface area (TPSA) is 43.0 Å². The number of benzene rings is 2. The van der Waals surface area contributed by atoms with Gasteiger partial charge in [-0.15, -0.1) is 0 Å². The zero-order chi connectivity index (χ0) is 20.3. The molecule has 0 saturated carbocycles. The van der Waals surface area contributed by atoms with Crippen LogP contribution in [-0.4, -0.2) is 52.9 Å². The maximum absolute atomic E-state index is 6.07. The molecule has 1 N–H and O–H groups in total. The van der Waals surface area contributed by atoms with E-state index >= 15 is 0 Å². The highest BCUT2D eigenvalue weighted by Crippen LogP contribution is 2.39. The van der Waals surface area contributed by atoms with Crippen molar-refractivity contribution in [3.05, 3.63) is 52.1 Å². The summed E-state index contributed by atoms with van der Waals surface area (Å²) in [6.45, 7) is 6.71. The number of hydrogen-bond acceptors (Lipinski definition) is 5. The number of hydrogen-bond donors (Lipinski definition) is 1. The monoisotopic (exact) mass is 384 g/mol. The van der Waals surface area contributed by atoms with Gasteiger partial charge >= 0.3 is 0 Å². The summed E-state index contributed by atoms with van der Waals surface area (Å²) in [6.07, 6.45) is 0.981. The van der Waals surface area contributed by atoms with Crippen LogP contribution in [0.15, 0.2) is 24.3 Å². The van der Waals surface area contributed by atoms with Crippen LogP contribution >= 0.6 is 0 Å². The second-order valence-electron chi connectivity index (χ2n) is 7.60. The van der Waals surface area contributed by atoms with Crippen molar-refractivity contribution >= 4 is 0 Å². The lowest BCUT2D eigenvalue weighted by molar-refractivity contribution is 0.250. The third kappa shape index (κ3) is 4.10. The predicted molar refractivity (Wildman–Crippen MR) is 113 cm³/mol. The summed E-state index contributed by atoms with van der Waals surface area (Å²) in [6, 6.07) is 8.66. The molecular formula is C23H32N2O3. The van der Waals surface area contributed by atoms with E-state index in [9.17, 15) is 0 Å². The van der Waals surface area contributed by atoms with E-state index in [0.717, 1.165) is 36.8 Å². The van der Waals surface area contributed by atoms with Gasteiger partial charge in [-0.25, -0.2) is 0 Å². The average Bonchev–Trinajstić information content (AvgIpc) is 2.69. The molecule has 1 unspecified atom stereocenters. The fourth-order valence-electron chi connectivity index (χ4n) is 3.80. The molecule has 0 saturated heterocycles. The third-order valence-electron chi connectivity index (χ3n) is 5.59. The van der Waals surface area contributed by atoms with Gasteiger partial charge in [-0.05, 0) is 80.4 Å². The fourth-order valence-corrected chi connectivity index (χ4v) is 3.80. The highest BCUT2D eigenvalue weighted by atomic mass is 16.5. The Hall–Kier alpha value is -2.24. The van der Waals surface area contributed by atoms with E-state index in [4.69, 9.17) is 14.2 Å². The largest absolute Gasteiger partial charge is 0.496 e. The van der Waals surface area contributed by atoms with Crippen molar-refractivity contribution in [2.75, 3.05) is 48.0 Å². The lowest BCUT2D eigenvalue weighted by atomic mass is 9.86. The van der Waals surface area contributed by atoms with Gasteiger partial charge in [-0.3, -0.25) is 0 Å². The van der Waals surface area contributed by atoms with Crippen LogP contribution in [0.25, 0.3) is 0 Å². The molecule has 5 nitrogen and oxygen atoms in total. The van der Waals surface area contributed by atoms with Crippen molar-refractivity contribution < 1.29 is 14.2 Å². The smallest absolute Gasteiger partial charge is 0.161 e. The van der Waals surface area contributed by atoms with E-state index in [1.165, 1.54) is 27.8 Å². The van der Waals surface area contributed by atoms with E-state index in [2.05, 4.69) is 48.3 Å². The first-order valence-electron chi connectivity index (χ1n) is 9.82. The Labute approximate surface area is 168 Å². The molecule has 28 heavy (non-hydrogen) atoms. The number of nitrogens with one attached hydrogen (secondary N) is 1. The predicted octanol–water partition coefficient (Wildman–Crippen LogP) is 3.50. The molecule has 1 aliphatic heterocycles. The minimum Gasteiger partial charge on any atom is -0.496 e. The Bertz CT molecular complexity index is 833. The molecular weight excluding hydrogens is 352 g/mol. The van der Waals surface area contributed by atoms with E-state index in [1.807, 2.05) is 14.1 Å². The van der Waals surface area contributed by atoms with Crippen LogP contribution in [0, 0.1) is 13.8 Å². The van der Waals surface area contributed by atoms with E-state index < -0.39 is 0 Å². The molecule has 152 valence electrons. The highest BCUT2D eigenvalue weighted by molar-refractivity contribution is 5.54. The molecule has 3 rings (SSSR count). The fraction of sp³-hybridized carbons (Fsp3) is 0.478. The Morgan fingerprint density at radius 1 is 0.964 bits per heavy atom. The maximum atomic E-state index is 6.07. The molecule has 0 aliphatic carbocycles. The van der Waals surface area contributed by atoms with Crippen molar-refractivity contribution in [3.8, 4) is 17.2 Å². The number of methoxy groups -OCH3 is 2. The quantitative estimate of drug-likeness (QED) is 0.792. The molecule has 0 amide bonds. The molecule has 0 radical (unpaired) electrons. The number of rotatable bonds is 7. The summed E-state index contributed by atoms with van der Waals surface area (Å²) in [4.78, 5) is 2.11. The van der Waals surface area contributed by atoms with Crippen LogP contribution in [0.1, 0.15) is 33.9 Å². The van der Waals surface area contributed by atoms with Gasteiger partial charge in [0.1, 0.15) is 12.4 Å². The first-order valence-corrected chi connectivity index (χ1v) is 9.82. The first-order chi connectivity index (χ1) is 13.5. The van der Waals surface area contributed by atoms with E-state index in [0.29, 0.717) is 6.61 Å². The summed E-state index contributed by atoms with van der Waals surface area (Å²) < 4.78 is 17.2. The molecule has 0 aromatic heterocycles. The average molecular weight is 385 g/mol. The van der Waals surface area contributed by atoms with Crippen LogP contribution in [0.4, 0.5) is 0 Å². The zero-order valence-corrected chi connectivity index (χ0v) is 17.9. The summed E-state index contributed by atoms with van der Waals surface area (Å²) in [5, 5.41) is 3.69. The number of nitrogens with zero attached hydrogens (tertiary/aromatic N) is 1. The summed E-state index contributed by atoms with van der Waals surface area (Å²) in [5.41, 5.74) is 6.30. The van der Waals surface area contributed by atoms with Crippen LogP contribution in [0.3, 0.4) is 0 Å². The normalized spacial score (nSPS) is 16.0. The standard InChI is InChI=1S/C23H32N2O3/c1-15-16(2)20(26-5)8-7-18(15)23-19-14-22(28-12-11-25(3)4)21(27-6)13-17(19)9-10-24-23/h7-8,13-14,23-24H,9-12H2,1-6H3. The van der Waals surface area contributed by atoms with Crippen LogP contribution in [0.2, 0.25) is 0 Å². The molecule has 1 aliphatic rings. The van der Waals surface area contributed by atoms with Gasteiger partial charge in [-0.2, -0.15) is 0 Å². The minimum absolute atomic E-state index is 0.135. The van der Waals surface area contributed by atoms with Crippen molar-refractivity contribution in [1.82, 2.24) is 10.2 Å². The van der Waals surface area contributed by atoms with Crippen molar-refractivity contribution in [2.24, 2.45) is 0 Å². The van der Waals surface area contributed by atoms with Crippen molar-refractivity contribution in [2.45, 2.75) is 26.3 Å². The lowest BCUT2D eigenvalue weighted by Gasteiger charge is -2.30. The highest BCUT2D eigenvalue weighted by Gasteiger charge is 2.26. The molecule has 0 spiro atoms. The SMILES string of the molecule is COc1cc2c(cc1OCCN(C)C)C(c1ccc(OC)c(C)c1C)NCC2. The van der Waals surface area contributed by atoms with Gasteiger partial charge < -0.3 is 24.4 Å². The lowest BCUT2D eigenvalue weighted by Crippen LogP contribution is -2.31. The van der Waals surface area contributed by atoms with Gasteiger partial charge in [0.05, 0.1) is 20.3 Å². The van der Waals surface area contributed by atoms with E-state index in [1.54, 1.807) is 14.2 Å². The van der Waals surface area contributed by atoms with Gasteiger partial charge in [0.15, 0.2) is 11.5 Å². The molecule has 0 bridgehead atoms. The number of ether oxygens (including phenoxy) is 3. The summed E-state index contributed by atoms with van der Waals surface area (Å²) in [7, 11) is 7.51. The van der Waals surface area contributed by atoms with Crippen LogP contribution < -0.4 is 19.5 Å². The summed E-state index contributed by atoms with van der Waals surface area (Å²) in [5.74, 6) is 2.54. The van der Waals surface area contributed by atoms with E-state index in [-0.39, 0.29) is 6.04 Å². The molecule has 5 heteroatoms. The van der Waals surface area contributed by atoms with Gasteiger partial charge in [-0.1, -0.05) is 6.07 Å². The Morgan fingerprint density at radius 3 is 2.39 bits per heavy atom. The molecule has 1 atom stereocenters. The Morgan fingerprint density at radius 2 is 1.71 bits per heavy atom. The Kier molecular flexibility index (Phi) is 6.47. The molecule has 1 heterocycles. The summed E-state index contributed by atoms with van der Waals surface area (Å²) >= 11 is 0. The van der Waals surface area contributed by atoms with Gasteiger partial charge in [0, 0.05) is 13.1 Å². The van der Waals surface area contributed by atoms with Crippen molar-refractivity contribution in [1.29, 1.82) is 0 Å². The second kappa shape index (κ2) is 8.84. The Balaban J connectivity index is 1.99. The van der Waals surface area contributed by atoms with Crippen LogP contribution in [0.5, 0.6) is 17.2 Å². The van der Waals surface area contributed by atoms with Gasteiger partial charge in [0.25, 0.3) is 0 Å². The van der Waals surface area contributed by atoms with Crippen molar-refractivity contribution in [3.63, 3.8) is 0 Å². The second-order valence-corrected chi connectivity index (χ2v) is 7.60.